The molecule has 0 bridgehead atoms. The quantitative estimate of drug-likeness (QED) is 0.319. The third-order valence-corrected chi connectivity index (χ3v) is 14.9. The van der Waals surface area contributed by atoms with E-state index in [4.69, 9.17) is 23.7 Å². The highest BCUT2D eigenvalue weighted by atomic mass is 16.7. The lowest BCUT2D eigenvalue weighted by atomic mass is 9.46. The number of fused-ring (bicyclic) bond motifs is 4. The molecule has 0 aromatic heterocycles. The highest BCUT2D eigenvalue weighted by Gasteiger charge is 2.80. The van der Waals surface area contributed by atoms with Gasteiger partial charge in [0.15, 0.2) is 6.29 Å². The van der Waals surface area contributed by atoms with Gasteiger partial charge in [0.1, 0.15) is 11.7 Å². The zero-order chi connectivity index (χ0) is 33.8. The van der Waals surface area contributed by atoms with Crippen LogP contribution in [0.3, 0.4) is 0 Å². The molecule has 0 radical (unpaired) electrons. The predicted octanol–water partition coefficient (Wildman–Crippen LogP) is 7.35. The van der Waals surface area contributed by atoms with Crippen LogP contribution in [-0.2, 0) is 23.7 Å². The van der Waals surface area contributed by atoms with E-state index in [0.717, 1.165) is 24.7 Å². The number of hydrogen-bond acceptors (Lipinski definition) is 7. The molecule has 7 unspecified atom stereocenters. The van der Waals surface area contributed by atoms with Crippen LogP contribution in [0.4, 0.5) is 4.79 Å². The van der Waals surface area contributed by atoms with Crippen LogP contribution in [0, 0.1) is 45.3 Å². The van der Waals surface area contributed by atoms with E-state index in [0.29, 0.717) is 54.4 Å². The Bertz CT molecular complexity index is 1190. The zero-order valence-corrected chi connectivity index (χ0v) is 30.9. The van der Waals surface area contributed by atoms with Crippen LogP contribution in [0.25, 0.3) is 0 Å². The fourth-order valence-electron chi connectivity index (χ4n) is 13.0. The summed E-state index contributed by atoms with van der Waals surface area (Å²) in [5.74, 6) is 2.79. The summed E-state index contributed by atoms with van der Waals surface area (Å²) in [5, 5.41) is 10.9. The number of aliphatic hydroxyl groups is 1. The van der Waals surface area contributed by atoms with Crippen LogP contribution in [0.15, 0.2) is 0 Å². The number of ether oxygens (including phenoxy) is 5. The molecular formula is C39H65NO7. The SMILES string of the molecule is CCO[C@@H](C1CCC2C(CC3C4CCC5C(C)(C)[C@@H](OC6CN(C(=O)OC(C)(C)C)CCO6)CC[C@@]56C[C@@]46CC[C@]23C)O1)C(C)(C)O. The molecule has 7 aliphatic rings. The second-order valence-corrected chi connectivity index (χ2v) is 19.2. The van der Waals surface area contributed by atoms with Crippen molar-refractivity contribution in [3.63, 3.8) is 0 Å². The van der Waals surface area contributed by atoms with Crippen LogP contribution in [0.5, 0.6) is 0 Å². The van der Waals surface area contributed by atoms with Gasteiger partial charge in [-0.1, -0.05) is 20.8 Å². The lowest BCUT2D eigenvalue weighted by Crippen LogP contribution is -2.56. The van der Waals surface area contributed by atoms with Gasteiger partial charge in [-0.3, -0.25) is 0 Å². The first-order chi connectivity index (χ1) is 22.0. The van der Waals surface area contributed by atoms with Crippen molar-refractivity contribution in [3.8, 4) is 0 Å². The second kappa shape index (κ2) is 11.5. The molecule has 5 saturated carbocycles. The predicted molar refractivity (Wildman–Crippen MR) is 180 cm³/mol. The molecule has 0 aromatic carbocycles. The van der Waals surface area contributed by atoms with E-state index in [-0.39, 0.29) is 35.9 Å². The molecule has 2 heterocycles. The van der Waals surface area contributed by atoms with Gasteiger partial charge in [-0.05, 0) is 151 Å². The number of rotatable bonds is 6. The average Bonchev–Trinajstić information content (AvgIpc) is 3.56. The lowest BCUT2D eigenvalue weighted by molar-refractivity contribution is -0.243. The molecular weight excluding hydrogens is 594 g/mol. The molecule has 12 atom stereocenters. The molecule has 47 heavy (non-hydrogen) atoms. The molecule has 2 aliphatic heterocycles. The molecule has 268 valence electrons. The van der Waals surface area contributed by atoms with Crippen LogP contribution in [0.2, 0.25) is 0 Å². The third kappa shape index (κ3) is 5.52. The van der Waals surface area contributed by atoms with Gasteiger partial charge in [0, 0.05) is 13.2 Å². The average molecular weight is 660 g/mol. The maximum absolute atomic E-state index is 12.8. The monoisotopic (exact) mass is 659 g/mol. The minimum atomic E-state index is -0.915. The van der Waals surface area contributed by atoms with E-state index in [1.807, 2.05) is 41.5 Å². The van der Waals surface area contributed by atoms with Crippen LogP contribution in [-0.4, -0.2) is 84.3 Å². The fourth-order valence-corrected chi connectivity index (χ4v) is 13.0. The largest absolute Gasteiger partial charge is 0.444 e. The summed E-state index contributed by atoms with van der Waals surface area (Å²) in [6.45, 7) is 21.1. The van der Waals surface area contributed by atoms with E-state index in [2.05, 4.69) is 20.8 Å². The lowest BCUT2D eigenvalue weighted by Gasteiger charge is -2.60. The summed E-state index contributed by atoms with van der Waals surface area (Å²) in [6, 6.07) is 0. The standard InChI is InChI=1S/C39H65NO7/c1-10-43-32(36(7,8)42)27-13-11-25-28(45-27)21-26-24-12-14-29-35(5,6)30(15-16-39(29)23-38(24,39)18-17-37(25,26)9)46-31-22-40(19-20-44-31)33(41)47-34(2,3)4/h24-32,42H,10-23H2,1-9H3/t24?,25?,26?,27?,28?,29?,30-,31?,32-,37+,38-,39+/m0/s1. The molecule has 5 aliphatic carbocycles. The van der Waals surface area contributed by atoms with Crippen molar-refractivity contribution < 1.29 is 33.6 Å². The highest BCUT2D eigenvalue weighted by Crippen LogP contribution is 2.87. The molecule has 8 heteroatoms. The molecule has 1 amide bonds. The van der Waals surface area contributed by atoms with E-state index in [9.17, 15) is 9.90 Å². The minimum Gasteiger partial charge on any atom is -0.444 e. The number of carbonyl (C=O) groups excluding carboxylic acids is 1. The smallest absolute Gasteiger partial charge is 0.410 e. The van der Waals surface area contributed by atoms with Crippen molar-refractivity contribution in [2.24, 2.45) is 45.3 Å². The fraction of sp³-hybridized carbons (Fsp3) is 0.974. The van der Waals surface area contributed by atoms with Gasteiger partial charge in [-0.2, -0.15) is 0 Å². The van der Waals surface area contributed by atoms with Crippen molar-refractivity contribution in [2.75, 3.05) is 26.3 Å². The maximum atomic E-state index is 12.8. The van der Waals surface area contributed by atoms with Gasteiger partial charge in [0.25, 0.3) is 0 Å². The summed E-state index contributed by atoms with van der Waals surface area (Å²) in [6.07, 6.45) is 11.8. The Kier molecular flexibility index (Phi) is 8.48. The number of morpholine rings is 1. The van der Waals surface area contributed by atoms with Gasteiger partial charge in [0.05, 0.1) is 37.1 Å². The topological polar surface area (TPSA) is 86.7 Å². The van der Waals surface area contributed by atoms with Crippen molar-refractivity contribution in [2.45, 2.75) is 168 Å². The molecule has 7 fully saturated rings. The first-order valence-corrected chi connectivity index (χ1v) is 19.2. The second-order valence-electron chi connectivity index (χ2n) is 19.2. The summed E-state index contributed by atoms with van der Waals surface area (Å²) in [7, 11) is 0. The molecule has 1 N–H and O–H groups in total. The van der Waals surface area contributed by atoms with Gasteiger partial charge in [-0.15, -0.1) is 0 Å². The van der Waals surface area contributed by atoms with Crippen LogP contribution < -0.4 is 0 Å². The number of nitrogens with zero attached hydrogens (tertiary/aromatic N) is 1. The summed E-state index contributed by atoms with van der Waals surface area (Å²) in [5.41, 5.74) is -0.110. The van der Waals surface area contributed by atoms with Crippen molar-refractivity contribution in [3.05, 3.63) is 0 Å². The van der Waals surface area contributed by atoms with Gasteiger partial charge >= 0.3 is 6.09 Å². The van der Waals surface area contributed by atoms with Crippen molar-refractivity contribution >= 4 is 6.09 Å². The first-order valence-electron chi connectivity index (χ1n) is 19.2. The zero-order valence-electron chi connectivity index (χ0n) is 30.9. The van der Waals surface area contributed by atoms with Crippen LogP contribution in [0.1, 0.15) is 127 Å². The minimum absolute atomic E-state index is 0.0302. The Morgan fingerprint density at radius 1 is 0.957 bits per heavy atom. The Labute approximate surface area is 284 Å². The number of hydrogen-bond donors (Lipinski definition) is 1. The Balaban J connectivity index is 1.03. The third-order valence-electron chi connectivity index (χ3n) is 14.9. The van der Waals surface area contributed by atoms with Crippen molar-refractivity contribution in [1.82, 2.24) is 4.90 Å². The van der Waals surface area contributed by atoms with Gasteiger partial charge < -0.3 is 33.7 Å². The summed E-state index contributed by atoms with van der Waals surface area (Å²) >= 11 is 0. The molecule has 2 saturated heterocycles. The van der Waals surface area contributed by atoms with E-state index >= 15 is 0 Å². The van der Waals surface area contributed by atoms with E-state index in [1.54, 1.807) is 4.90 Å². The Morgan fingerprint density at radius 3 is 2.40 bits per heavy atom. The molecule has 8 nitrogen and oxygen atoms in total. The van der Waals surface area contributed by atoms with E-state index in [1.165, 1.54) is 51.4 Å². The van der Waals surface area contributed by atoms with Crippen LogP contribution >= 0.6 is 0 Å². The molecule has 0 aromatic rings. The number of carbonyl (C=O) groups is 1. The highest BCUT2D eigenvalue weighted by molar-refractivity contribution is 5.68. The van der Waals surface area contributed by atoms with Crippen molar-refractivity contribution in [1.29, 1.82) is 0 Å². The van der Waals surface area contributed by atoms with Gasteiger partial charge in [-0.25, -0.2) is 4.79 Å². The first kappa shape index (κ1) is 34.5. The van der Waals surface area contributed by atoms with E-state index < -0.39 is 17.5 Å². The summed E-state index contributed by atoms with van der Waals surface area (Å²) in [4.78, 5) is 14.6. The normalized spacial score (nSPS) is 46.3. The molecule has 7 rings (SSSR count). The number of amides is 1. The maximum Gasteiger partial charge on any atom is 0.410 e. The van der Waals surface area contributed by atoms with Gasteiger partial charge in [0.2, 0.25) is 0 Å². The summed E-state index contributed by atoms with van der Waals surface area (Å²) < 4.78 is 31.6. The Hall–Kier alpha value is -0.930. The molecule has 2 spiro atoms. The Morgan fingerprint density at radius 2 is 1.70 bits per heavy atom.